The van der Waals surface area contributed by atoms with Crippen molar-refractivity contribution in [1.82, 2.24) is 10.2 Å². The van der Waals surface area contributed by atoms with E-state index in [4.69, 9.17) is 0 Å². The Labute approximate surface area is 104 Å². The monoisotopic (exact) mass is 230 g/mol. The van der Waals surface area contributed by atoms with E-state index in [2.05, 4.69) is 34.5 Å². The molecule has 2 aliphatic rings. The maximum Gasteiger partial charge on any atom is 0.0476 e. The Bertz CT molecular complexity index is 367. The Morgan fingerprint density at radius 3 is 2.59 bits per heavy atom. The zero-order chi connectivity index (χ0) is 11.5. The third kappa shape index (κ3) is 2.38. The van der Waals surface area contributed by atoms with E-state index in [1.807, 2.05) is 0 Å². The molecule has 0 radical (unpaired) electrons. The van der Waals surface area contributed by atoms with Gasteiger partial charge in [-0.2, -0.15) is 0 Å². The summed E-state index contributed by atoms with van der Waals surface area (Å²) >= 11 is 0. The molecule has 0 aromatic heterocycles. The summed E-state index contributed by atoms with van der Waals surface area (Å²) in [5, 5.41) is 3.57. The molecule has 1 aromatic carbocycles. The van der Waals surface area contributed by atoms with Gasteiger partial charge in [0.05, 0.1) is 0 Å². The molecule has 0 unspecified atom stereocenters. The molecule has 1 aromatic rings. The average Bonchev–Trinajstić information content (AvgIpc) is 2.67. The van der Waals surface area contributed by atoms with Crippen LogP contribution in [-0.4, -0.2) is 24.5 Å². The lowest BCUT2D eigenvalue weighted by Crippen LogP contribution is -2.40. The summed E-state index contributed by atoms with van der Waals surface area (Å²) in [6.07, 6.45) is 5.58. The van der Waals surface area contributed by atoms with Crippen LogP contribution in [0.15, 0.2) is 24.3 Å². The lowest BCUT2D eigenvalue weighted by molar-refractivity contribution is 0.192. The Kier molecular flexibility index (Phi) is 3.44. The quantitative estimate of drug-likeness (QED) is 0.798. The topological polar surface area (TPSA) is 15.3 Å². The molecule has 0 saturated carbocycles. The molecule has 0 bridgehead atoms. The van der Waals surface area contributed by atoms with Crippen LogP contribution >= 0.6 is 0 Å². The van der Waals surface area contributed by atoms with E-state index in [9.17, 15) is 0 Å². The molecular formula is C15H22N2. The summed E-state index contributed by atoms with van der Waals surface area (Å²) in [5.74, 6) is 0. The van der Waals surface area contributed by atoms with E-state index in [-0.39, 0.29) is 0 Å². The Balaban J connectivity index is 1.83. The van der Waals surface area contributed by atoms with Crippen LogP contribution in [0.25, 0.3) is 0 Å². The molecule has 0 aliphatic carbocycles. The van der Waals surface area contributed by atoms with Crippen molar-refractivity contribution in [2.75, 3.05) is 19.6 Å². The van der Waals surface area contributed by atoms with Gasteiger partial charge in [0.2, 0.25) is 0 Å². The SMILES string of the molecule is c1ccc2c(c1)CNC[C@H]2N1CCCCCC1. The molecule has 2 heteroatoms. The molecule has 1 fully saturated rings. The van der Waals surface area contributed by atoms with Crippen molar-refractivity contribution < 1.29 is 0 Å². The fourth-order valence-electron chi connectivity index (χ4n) is 3.21. The second-order valence-corrected chi connectivity index (χ2v) is 5.30. The number of rotatable bonds is 1. The van der Waals surface area contributed by atoms with Crippen LogP contribution in [-0.2, 0) is 6.54 Å². The minimum atomic E-state index is 0.609. The molecule has 3 rings (SSSR count). The first kappa shape index (κ1) is 11.2. The molecule has 2 aliphatic heterocycles. The molecule has 1 atom stereocenters. The smallest absolute Gasteiger partial charge is 0.0476 e. The summed E-state index contributed by atoms with van der Waals surface area (Å²) in [5.41, 5.74) is 3.06. The minimum absolute atomic E-state index is 0.609. The third-order valence-corrected chi connectivity index (χ3v) is 4.15. The van der Waals surface area contributed by atoms with Crippen LogP contribution in [0.5, 0.6) is 0 Å². The van der Waals surface area contributed by atoms with Gasteiger partial charge < -0.3 is 5.32 Å². The fourth-order valence-corrected chi connectivity index (χ4v) is 3.21. The molecule has 0 amide bonds. The second kappa shape index (κ2) is 5.19. The lowest BCUT2D eigenvalue weighted by atomic mass is 9.95. The molecular weight excluding hydrogens is 208 g/mol. The average molecular weight is 230 g/mol. The summed E-state index contributed by atoms with van der Waals surface area (Å²) in [6, 6.07) is 9.55. The molecule has 92 valence electrons. The van der Waals surface area contributed by atoms with E-state index in [1.165, 1.54) is 44.3 Å². The van der Waals surface area contributed by atoms with Crippen molar-refractivity contribution in [3.8, 4) is 0 Å². The predicted octanol–water partition coefficient (Wildman–Crippen LogP) is 2.71. The van der Waals surface area contributed by atoms with E-state index in [0.29, 0.717) is 6.04 Å². The highest BCUT2D eigenvalue weighted by molar-refractivity contribution is 5.32. The number of fused-ring (bicyclic) bond motifs is 1. The summed E-state index contributed by atoms with van der Waals surface area (Å²) < 4.78 is 0. The Morgan fingerprint density at radius 1 is 1.00 bits per heavy atom. The third-order valence-electron chi connectivity index (χ3n) is 4.15. The first-order chi connectivity index (χ1) is 8.45. The van der Waals surface area contributed by atoms with Crippen LogP contribution in [0.3, 0.4) is 0 Å². The van der Waals surface area contributed by atoms with Gasteiger partial charge in [-0.3, -0.25) is 4.90 Å². The van der Waals surface area contributed by atoms with Crippen LogP contribution in [0, 0.1) is 0 Å². The first-order valence-corrected chi connectivity index (χ1v) is 6.98. The predicted molar refractivity (Wildman–Crippen MR) is 70.9 cm³/mol. The largest absolute Gasteiger partial charge is 0.311 e. The van der Waals surface area contributed by atoms with E-state index in [1.54, 1.807) is 5.56 Å². The van der Waals surface area contributed by atoms with Gasteiger partial charge in [0, 0.05) is 19.1 Å². The van der Waals surface area contributed by atoms with Crippen molar-refractivity contribution in [1.29, 1.82) is 0 Å². The van der Waals surface area contributed by atoms with Crippen LogP contribution in [0.4, 0.5) is 0 Å². The normalized spacial score (nSPS) is 26.2. The van der Waals surface area contributed by atoms with Gasteiger partial charge in [-0.05, 0) is 37.1 Å². The number of benzene rings is 1. The molecule has 0 spiro atoms. The van der Waals surface area contributed by atoms with Crippen LogP contribution < -0.4 is 5.32 Å². The Hall–Kier alpha value is -0.860. The molecule has 17 heavy (non-hydrogen) atoms. The van der Waals surface area contributed by atoms with E-state index >= 15 is 0 Å². The highest BCUT2D eigenvalue weighted by Crippen LogP contribution is 2.28. The maximum atomic E-state index is 3.57. The van der Waals surface area contributed by atoms with Gasteiger partial charge in [-0.1, -0.05) is 37.1 Å². The second-order valence-electron chi connectivity index (χ2n) is 5.30. The minimum Gasteiger partial charge on any atom is -0.311 e. The van der Waals surface area contributed by atoms with Gasteiger partial charge >= 0.3 is 0 Å². The maximum absolute atomic E-state index is 3.57. The Morgan fingerprint density at radius 2 is 1.76 bits per heavy atom. The van der Waals surface area contributed by atoms with Crippen molar-refractivity contribution in [2.24, 2.45) is 0 Å². The number of likely N-dealkylation sites (tertiary alicyclic amines) is 1. The standard InChI is InChI=1S/C15H22N2/c1-2-6-10-17(9-5-1)15-12-16-11-13-7-3-4-8-14(13)15/h3-4,7-8,15-16H,1-2,5-6,9-12H2/t15-/m1/s1. The van der Waals surface area contributed by atoms with E-state index < -0.39 is 0 Å². The summed E-state index contributed by atoms with van der Waals surface area (Å²) in [4.78, 5) is 2.69. The summed E-state index contributed by atoms with van der Waals surface area (Å²) in [6.45, 7) is 4.72. The van der Waals surface area contributed by atoms with Crippen LogP contribution in [0.2, 0.25) is 0 Å². The number of hydrogen-bond donors (Lipinski definition) is 1. The zero-order valence-electron chi connectivity index (χ0n) is 10.5. The summed E-state index contributed by atoms with van der Waals surface area (Å²) in [7, 11) is 0. The van der Waals surface area contributed by atoms with Gasteiger partial charge in [0.25, 0.3) is 0 Å². The van der Waals surface area contributed by atoms with Gasteiger partial charge in [-0.25, -0.2) is 0 Å². The van der Waals surface area contributed by atoms with Crippen molar-refractivity contribution in [2.45, 2.75) is 38.3 Å². The molecule has 1 saturated heterocycles. The fraction of sp³-hybridized carbons (Fsp3) is 0.600. The molecule has 1 N–H and O–H groups in total. The number of nitrogens with zero attached hydrogens (tertiary/aromatic N) is 1. The van der Waals surface area contributed by atoms with Crippen molar-refractivity contribution >= 4 is 0 Å². The zero-order valence-corrected chi connectivity index (χ0v) is 10.5. The van der Waals surface area contributed by atoms with Gasteiger partial charge in [0.1, 0.15) is 0 Å². The molecule has 2 heterocycles. The highest BCUT2D eigenvalue weighted by Gasteiger charge is 2.25. The van der Waals surface area contributed by atoms with Gasteiger partial charge in [0.15, 0.2) is 0 Å². The van der Waals surface area contributed by atoms with Crippen molar-refractivity contribution in [3.05, 3.63) is 35.4 Å². The lowest BCUT2D eigenvalue weighted by Gasteiger charge is -2.35. The van der Waals surface area contributed by atoms with E-state index in [0.717, 1.165) is 13.1 Å². The molecule has 2 nitrogen and oxygen atoms in total. The van der Waals surface area contributed by atoms with Gasteiger partial charge in [-0.15, -0.1) is 0 Å². The van der Waals surface area contributed by atoms with Crippen molar-refractivity contribution in [3.63, 3.8) is 0 Å². The number of nitrogens with one attached hydrogen (secondary N) is 1. The first-order valence-electron chi connectivity index (χ1n) is 6.98. The number of hydrogen-bond acceptors (Lipinski definition) is 2. The highest BCUT2D eigenvalue weighted by atomic mass is 15.2. The van der Waals surface area contributed by atoms with Crippen LogP contribution in [0.1, 0.15) is 42.9 Å².